The van der Waals surface area contributed by atoms with Gasteiger partial charge >= 0.3 is 5.97 Å². The molecule has 6 nitrogen and oxygen atoms in total. The van der Waals surface area contributed by atoms with Crippen molar-refractivity contribution in [3.63, 3.8) is 0 Å². The maximum Gasteiger partial charge on any atom is 0.335 e. The predicted octanol–water partition coefficient (Wildman–Crippen LogP) is 4.65. The normalized spacial score (nSPS) is 33.2. The third-order valence-electron chi connectivity index (χ3n) is 9.34. The van der Waals surface area contributed by atoms with Crippen LogP contribution >= 0.6 is 0 Å². The quantitative estimate of drug-likeness (QED) is 0.604. The molecule has 1 amide bonds. The van der Waals surface area contributed by atoms with Crippen molar-refractivity contribution in [3.8, 4) is 11.3 Å². The number of carboxylic acids is 1. The average Bonchev–Trinajstić information content (AvgIpc) is 3.39. The van der Waals surface area contributed by atoms with Gasteiger partial charge in [0, 0.05) is 18.3 Å². The van der Waals surface area contributed by atoms with Crippen LogP contribution in [0.15, 0.2) is 48.7 Å². The van der Waals surface area contributed by atoms with E-state index in [1.165, 1.54) is 38.5 Å². The SMILES string of the molecule is O=C(O)c1cccc(-c2cn3c(C(=O)NCC45CC6CC7CC(C4)C7(C6)C5)cccc3n2)c1. The molecule has 33 heavy (non-hydrogen) atoms. The minimum atomic E-state index is -0.970. The minimum absolute atomic E-state index is 0.0653. The van der Waals surface area contributed by atoms with E-state index in [9.17, 15) is 14.7 Å². The van der Waals surface area contributed by atoms with E-state index in [1.807, 2.05) is 34.9 Å². The van der Waals surface area contributed by atoms with Gasteiger partial charge in [0.25, 0.3) is 5.91 Å². The van der Waals surface area contributed by atoms with E-state index in [0.29, 0.717) is 27.9 Å². The van der Waals surface area contributed by atoms with E-state index in [1.54, 1.807) is 18.2 Å². The summed E-state index contributed by atoms with van der Waals surface area (Å²) < 4.78 is 1.81. The minimum Gasteiger partial charge on any atom is -0.478 e. The first-order valence-corrected chi connectivity index (χ1v) is 12.0. The monoisotopic (exact) mass is 441 g/mol. The smallest absolute Gasteiger partial charge is 0.335 e. The first-order valence-electron chi connectivity index (χ1n) is 12.0. The van der Waals surface area contributed by atoms with Gasteiger partial charge in [0.05, 0.1) is 11.3 Å². The Labute approximate surface area is 192 Å². The first kappa shape index (κ1) is 19.3. The first-order chi connectivity index (χ1) is 15.9. The van der Waals surface area contributed by atoms with Crippen LogP contribution in [0.4, 0.5) is 0 Å². The zero-order valence-corrected chi connectivity index (χ0v) is 18.5. The number of nitrogens with zero attached hydrogens (tertiary/aromatic N) is 2. The summed E-state index contributed by atoms with van der Waals surface area (Å²) in [5.41, 5.74) is 3.74. The molecule has 4 aliphatic carbocycles. The Balaban J connectivity index is 1.15. The fourth-order valence-corrected chi connectivity index (χ4v) is 8.25. The van der Waals surface area contributed by atoms with Crippen LogP contribution in [-0.2, 0) is 0 Å². The standard InChI is InChI=1S/C27H27N3O3/c31-24(28-15-26-10-16-7-19-9-20(12-26)27(19,11-16)14-26)22-5-2-6-23-29-21(13-30(22)23)17-3-1-4-18(8-17)25(32)33/h1-6,8,13,16,19-20H,7,9-12,14-15H2,(H,28,31)(H,32,33). The van der Waals surface area contributed by atoms with Crippen molar-refractivity contribution < 1.29 is 14.7 Å². The molecule has 5 atom stereocenters. The van der Waals surface area contributed by atoms with Crippen molar-refractivity contribution in [1.82, 2.24) is 14.7 Å². The number of fused-ring (bicyclic) bond motifs is 3. The second-order valence-corrected chi connectivity index (χ2v) is 11.1. The zero-order chi connectivity index (χ0) is 22.4. The number of nitrogens with one attached hydrogen (secondary N) is 1. The van der Waals surface area contributed by atoms with E-state index in [-0.39, 0.29) is 11.5 Å². The van der Waals surface area contributed by atoms with Gasteiger partial charge in [0.2, 0.25) is 0 Å². The number of aromatic carboxylic acids is 1. The second kappa shape index (κ2) is 6.46. The molecule has 5 unspecified atom stereocenters. The summed E-state index contributed by atoms with van der Waals surface area (Å²) in [7, 11) is 0. The topological polar surface area (TPSA) is 83.7 Å². The van der Waals surface area contributed by atoms with Gasteiger partial charge in [0.1, 0.15) is 11.3 Å². The molecule has 6 heteroatoms. The summed E-state index contributed by atoms with van der Waals surface area (Å²) in [5, 5.41) is 12.6. The van der Waals surface area contributed by atoms with E-state index in [0.717, 1.165) is 29.9 Å². The van der Waals surface area contributed by atoms with Crippen LogP contribution in [0.1, 0.15) is 59.4 Å². The zero-order valence-electron chi connectivity index (χ0n) is 18.5. The third-order valence-corrected chi connectivity index (χ3v) is 9.34. The number of amides is 1. The Morgan fingerprint density at radius 3 is 2.85 bits per heavy atom. The highest BCUT2D eigenvalue weighted by Gasteiger charge is 2.70. The molecular formula is C27H27N3O3. The van der Waals surface area contributed by atoms with Crippen molar-refractivity contribution >= 4 is 17.5 Å². The van der Waals surface area contributed by atoms with Crippen molar-refractivity contribution in [3.05, 3.63) is 59.9 Å². The van der Waals surface area contributed by atoms with Crippen LogP contribution in [0, 0.1) is 28.6 Å². The summed E-state index contributed by atoms with van der Waals surface area (Å²) in [6.45, 7) is 0.770. The highest BCUT2D eigenvalue weighted by molar-refractivity contribution is 5.93. The van der Waals surface area contributed by atoms with Gasteiger partial charge in [-0.2, -0.15) is 0 Å². The van der Waals surface area contributed by atoms with E-state index in [4.69, 9.17) is 0 Å². The van der Waals surface area contributed by atoms with E-state index in [2.05, 4.69) is 10.3 Å². The number of pyridine rings is 1. The number of imidazole rings is 1. The van der Waals surface area contributed by atoms with Crippen molar-refractivity contribution in [2.45, 2.75) is 38.5 Å². The fourth-order valence-electron chi connectivity index (χ4n) is 8.25. The van der Waals surface area contributed by atoms with E-state index >= 15 is 0 Å². The van der Waals surface area contributed by atoms with Crippen molar-refractivity contribution in [1.29, 1.82) is 0 Å². The number of carboxylic acid groups (broad SMARTS) is 1. The second-order valence-electron chi connectivity index (χ2n) is 11.1. The Morgan fingerprint density at radius 2 is 1.97 bits per heavy atom. The fraction of sp³-hybridized carbons (Fsp3) is 0.444. The molecule has 3 bridgehead atoms. The van der Waals surface area contributed by atoms with Crippen LogP contribution < -0.4 is 5.32 Å². The molecule has 4 aliphatic rings. The third kappa shape index (κ3) is 2.69. The van der Waals surface area contributed by atoms with Crippen LogP contribution in [0.2, 0.25) is 0 Å². The molecule has 2 N–H and O–H groups in total. The molecular weight excluding hydrogens is 414 g/mol. The van der Waals surface area contributed by atoms with Gasteiger partial charge in [-0.3, -0.25) is 9.20 Å². The Kier molecular flexibility index (Phi) is 3.78. The molecule has 2 heterocycles. The van der Waals surface area contributed by atoms with Crippen LogP contribution in [-0.4, -0.2) is 32.9 Å². The molecule has 3 aromatic rings. The number of hydrogen-bond acceptors (Lipinski definition) is 3. The lowest BCUT2D eigenvalue weighted by Gasteiger charge is -2.49. The number of benzene rings is 1. The van der Waals surface area contributed by atoms with Crippen LogP contribution in [0.3, 0.4) is 0 Å². The molecule has 7 rings (SSSR count). The van der Waals surface area contributed by atoms with Gasteiger partial charge in [-0.1, -0.05) is 18.2 Å². The van der Waals surface area contributed by atoms with Crippen molar-refractivity contribution in [2.75, 3.05) is 6.54 Å². The van der Waals surface area contributed by atoms with Crippen molar-refractivity contribution in [2.24, 2.45) is 28.6 Å². The maximum atomic E-state index is 13.3. The molecule has 0 radical (unpaired) electrons. The molecule has 0 saturated heterocycles. The number of rotatable bonds is 5. The molecule has 1 aromatic carbocycles. The summed E-state index contributed by atoms with van der Waals surface area (Å²) in [5.74, 6) is 1.69. The molecule has 168 valence electrons. The number of carbonyl (C=O) groups is 2. The van der Waals surface area contributed by atoms with Gasteiger partial charge in [0.15, 0.2) is 0 Å². The van der Waals surface area contributed by atoms with Crippen LogP contribution in [0.5, 0.6) is 0 Å². The lowest BCUT2D eigenvalue weighted by molar-refractivity contribution is -0.00254. The maximum absolute atomic E-state index is 13.3. The number of aromatic nitrogens is 2. The van der Waals surface area contributed by atoms with Crippen LogP contribution in [0.25, 0.3) is 16.9 Å². The van der Waals surface area contributed by atoms with Gasteiger partial charge in [-0.25, -0.2) is 9.78 Å². The highest BCUT2D eigenvalue weighted by Crippen LogP contribution is 2.78. The molecule has 0 aliphatic heterocycles. The summed E-state index contributed by atoms with van der Waals surface area (Å²) in [6, 6.07) is 12.3. The lowest BCUT2D eigenvalue weighted by atomic mass is 9.55. The lowest BCUT2D eigenvalue weighted by Crippen LogP contribution is -2.43. The Morgan fingerprint density at radius 1 is 1.09 bits per heavy atom. The van der Waals surface area contributed by atoms with Gasteiger partial charge in [-0.05, 0) is 91.4 Å². The van der Waals surface area contributed by atoms with Gasteiger partial charge in [-0.15, -0.1) is 0 Å². The molecule has 2 aromatic heterocycles. The molecule has 4 saturated carbocycles. The number of hydrogen-bond donors (Lipinski definition) is 2. The predicted molar refractivity (Wildman–Crippen MR) is 123 cm³/mol. The average molecular weight is 442 g/mol. The molecule has 1 spiro atoms. The summed E-state index contributed by atoms with van der Waals surface area (Å²) in [6.07, 6.45) is 9.99. The Bertz CT molecular complexity index is 1330. The largest absolute Gasteiger partial charge is 0.478 e. The van der Waals surface area contributed by atoms with E-state index < -0.39 is 5.97 Å². The Hall–Kier alpha value is -3.15. The van der Waals surface area contributed by atoms with Gasteiger partial charge < -0.3 is 10.4 Å². The highest BCUT2D eigenvalue weighted by atomic mass is 16.4. The summed E-state index contributed by atoms with van der Waals surface area (Å²) >= 11 is 0. The molecule has 4 fully saturated rings. The summed E-state index contributed by atoms with van der Waals surface area (Å²) in [4.78, 5) is 29.3. The number of carbonyl (C=O) groups excluding carboxylic acids is 1.